The smallest absolute Gasteiger partial charge is 0.315 e. The molecule has 0 aliphatic rings. The van der Waals surface area contributed by atoms with Crippen LogP contribution in [0.5, 0.6) is 5.75 Å². The Hall–Kier alpha value is -4.19. The second-order valence-corrected chi connectivity index (χ2v) is 7.06. The monoisotopic (exact) mass is 411 g/mol. The second-order valence-electron chi connectivity index (χ2n) is 7.06. The summed E-state index contributed by atoms with van der Waals surface area (Å²) >= 11 is 0. The van der Waals surface area contributed by atoms with Crippen LogP contribution < -0.4 is 10.5 Å². The number of hydrogen-bond acceptors (Lipinski definition) is 5. The normalized spacial score (nSPS) is 10.8. The Morgan fingerprint density at radius 3 is 1.94 bits per heavy atom. The molecule has 0 fully saturated rings. The summed E-state index contributed by atoms with van der Waals surface area (Å²) in [4.78, 5) is 15.9. The van der Waals surface area contributed by atoms with E-state index in [1.54, 1.807) is 13.3 Å². The van der Waals surface area contributed by atoms with Gasteiger partial charge in [-0.05, 0) is 28.8 Å². The molecule has 0 saturated carbocycles. The zero-order valence-corrected chi connectivity index (χ0v) is 16.9. The lowest BCUT2D eigenvalue weighted by molar-refractivity contribution is -0.384. The van der Waals surface area contributed by atoms with Crippen molar-refractivity contribution < 1.29 is 9.66 Å². The van der Waals surface area contributed by atoms with E-state index in [0.29, 0.717) is 16.9 Å². The first-order valence-electron chi connectivity index (χ1n) is 9.77. The molecule has 0 aliphatic heterocycles. The average molecular weight is 411 g/mol. The fraction of sp³-hybridized carbons (Fsp3) is 0.0800. The summed E-state index contributed by atoms with van der Waals surface area (Å²) in [5.41, 5.74) is 9.68. The lowest BCUT2D eigenvalue weighted by atomic mass is 9.81. The molecule has 0 spiro atoms. The molecule has 0 saturated heterocycles. The van der Waals surface area contributed by atoms with Crippen molar-refractivity contribution >= 4 is 11.5 Å². The zero-order chi connectivity index (χ0) is 21.8. The van der Waals surface area contributed by atoms with Crippen LogP contribution in [0.15, 0.2) is 91.1 Å². The molecule has 1 aromatic heterocycles. The highest BCUT2D eigenvalue weighted by atomic mass is 16.6. The number of benzene rings is 3. The van der Waals surface area contributed by atoms with Crippen LogP contribution in [0.2, 0.25) is 0 Å². The van der Waals surface area contributed by atoms with Crippen molar-refractivity contribution in [1.29, 1.82) is 0 Å². The number of rotatable bonds is 6. The highest BCUT2D eigenvalue weighted by molar-refractivity contribution is 5.78. The van der Waals surface area contributed by atoms with Crippen LogP contribution in [0.1, 0.15) is 22.6 Å². The molecule has 6 heteroatoms. The van der Waals surface area contributed by atoms with E-state index in [1.807, 2.05) is 84.9 Å². The van der Waals surface area contributed by atoms with E-state index in [-0.39, 0.29) is 11.5 Å². The van der Waals surface area contributed by atoms with Crippen molar-refractivity contribution in [2.24, 2.45) is 0 Å². The van der Waals surface area contributed by atoms with Gasteiger partial charge < -0.3 is 10.5 Å². The van der Waals surface area contributed by atoms with E-state index in [2.05, 4.69) is 4.98 Å². The molecule has 0 amide bonds. The molecule has 0 atom stereocenters. The topological polar surface area (TPSA) is 91.3 Å². The Morgan fingerprint density at radius 1 is 0.903 bits per heavy atom. The van der Waals surface area contributed by atoms with E-state index in [0.717, 1.165) is 16.7 Å². The van der Waals surface area contributed by atoms with E-state index >= 15 is 0 Å². The number of nitrogens with two attached hydrogens (primary N) is 1. The Balaban J connectivity index is 2.05. The second kappa shape index (κ2) is 8.67. The average Bonchev–Trinajstić information content (AvgIpc) is 2.81. The quantitative estimate of drug-likeness (QED) is 0.337. The molecule has 3 aromatic carbocycles. The first kappa shape index (κ1) is 20.1. The van der Waals surface area contributed by atoms with Crippen LogP contribution in [-0.4, -0.2) is 17.0 Å². The molecule has 0 radical (unpaired) electrons. The molecule has 4 aromatic rings. The fourth-order valence-electron chi connectivity index (χ4n) is 3.83. The van der Waals surface area contributed by atoms with Crippen LogP contribution in [0.25, 0.3) is 11.1 Å². The summed E-state index contributed by atoms with van der Waals surface area (Å²) in [6.07, 6.45) is 1.61. The van der Waals surface area contributed by atoms with Gasteiger partial charge in [-0.15, -0.1) is 0 Å². The van der Waals surface area contributed by atoms with Gasteiger partial charge >= 0.3 is 5.69 Å². The van der Waals surface area contributed by atoms with E-state index in [1.165, 1.54) is 0 Å². The summed E-state index contributed by atoms with van der Waals surface area (Å²) in [6, 6.07) is 26.8. The standard InChI is InChI=1S/C25H21N3O3/c1-31-20-14-12-17(13-15-20)21-16-27-25(26)24(28(29)30)23(21)22(18-8-4-2-5-9-18)19-10-6-3-7-11-19/h2-16,22H,1H3,(H2,26,27). The molecule has 31 heavy (non-hydrogen) atoms. The van der Waals surface area contributed by atoms with Crippen molar-refractivity contribution in [2.75, 3.05) is 12.8 Å². The van der Waals surface area contributed by atoms with Gasteiger partial charge in [-0.25, -0.2) is 4.98 Å². The van der Waals surface area contributed by atoms with Gasteiger partial charge in [-0.1, -0.05) is 72.8 Å². The summed E-state index contributed by atoms with van der Waals surface area (Å²) in [7, 11) is 1.59. The Labute approximate surface area is 180 Å². The Morgan fingerprint density at radius 2 is 1.45 bits per heavy atom. The van der Waals surface area contributed by atoms with Crippen molar-refractivity contribution in [2.45, 2.75) is 5.92 Å². The van der Waals surface area contributed by atoms with Crippen LogP contribution >= 0.6 is 0 Å². The number of pyridine rings is 1. The van der Waals surface area contributed by atoms with Gasteiger partial charge in [0.1, 0.15) is 5.75 Å². The molecule has 4 rings (SSSR count). The third kappa shape index (κ3) is 3.96. The molecule has 2 N–H and O–H groups in total. The summed E-state index contributed by atoms with van der Waals surface area (Å²) in [6.45, 7) is 0. The van der Waals surface area contributed by atoms with Crippen LogP contribution in [0, 0.1) is 10.1 Å². The molecule has 1 heterocycles. The van der Waals surface area contributed by atoms with Crippen molar-refractivity contribution in [3.05, 3.63) is 118 Å². The molecule has 0 aliphatic carbocycles. The van der Waals surface area contributed by atoms with Crippen molar-refractivity contribution in [3.63, 3.8) is 0 Å². The number of nitrogen functional groups attached to an aromatic ring is 1. The first-order chi connectivity index (χ1) is 15.1. The fourth-order valence-corrected chi connectivity index (χ4v) is 3.83. The minimum absolute atomic E-state index is 0.103. The molecule has 6 nitrogen and oxygen atoms in total. The maximum absolute atomic E-state index is 12.2. The maximum Gasteiger partial charge on any atom is 0.315 e. The number of nitrogens with zero attached hydrogens (tertiary/aromatic N) is 2. The highest BCUT2D eigenvalue weighted by Gasteiger charge is 2.32. The number of nitro groups is 1. The Bertz CT molecular complexity index is 1150. The molecule has 154 valence electrons. The van der Waals surface area contributed by atoms with E-state index in [9.17, 15) is 10.1 Å². The van der Waals surface area contributed by atoms with E-state index < -0.39 is 10.8 Å². The predicted molar refractivity (Wildman–Crippen MR) is 121 cm³/mol. The number of aromatic nitrogens is 1. The van der Waals surface area contributed by atoms with Gasteiger partial charge in [0.05, 0.1) is 17.6 Å². The number of hydrogen-bond donors (Lipinski definition) is 1. The third-order valence-electron chi connectivity index (χ3n) is 5.26. The summed E-state index contributed by atoms with van der Waals surface area (Å²) in [5.74, 6) is 0.199. The largest absolute Gasteiger partial charge is 0.497 e. The lowest BCUT2D eigenvalue weighted by Crippen LogP contribution is -2.11. The lowest BCUT2D eigenvalue weighted by Gasteiger charge is -2.22. The first-order valence-corrected chi connectivity index (χ1v) is 9.77. The van der Waals surface area contributed by atoms with Crippen molar-refractivity contribution in [1.82, 2.24) is 4.98 Å². The predicted octanol–water partition coefficient (Wildman–Crippen LogP) is 5.43. The van der Waals surface area contributed by atoms with Crippen LogP contribution in [-0.2, 0) is 0 Å². The number of ether oxygens (including phenoxy) is 1. The third-order valence-corrected chi connectivity index (χ3v) is 5.26. The number of anilines is 1. The molecular weight excluding hydrogens is 390 g/mol. The molecule has 0 bridgehead atoms. The highest BCUT2D eigenvalue weighted by Crippen LogP contribution is 2.44. The number of methoxy groups -OCH3 is 1. The van der Waals surface area contributed by atoms with Gasteiger partial charge in [0.15, 0.2) is 0 Å². The minimum atomic E-state index is -0.441. The van der Waals surface area contributed by atoms with Gasteiger partial charge in [0.25, 0.3) is 0 Å². The minimum Gasteiger partial charge on any atom is -0.497 e. The van der Waals surface area contributed by atoms with Gasteiger partial charge in [0, 0.05) is 17.7 Å². The van der Waals surface area contributed by atoms with Crippen molar-refractivity contribution in [3.8, 4) is 16.9 Å². The van der Waals surface area contributed by atoms with Gasteiger partial charge in [-0.3, -0.25) is 10.1 Å². The van der Waals surface area contributed by atoms with Crippen LogP contribution in [0.3, 0.4) is 0 Å². The SMILES string of the molecule is COc1ccc(-c2cnc(N)c([N+](=O)[O-])c2C(c2ccccc2)c2ccccc2)cc1. The summed E-state index contributed by atoms with van der Waals surface area (Å²) in [5, 5.41) is 12.2. The van der Waals surface area contributed by atoms with Crippen LogP contribution in [0.4, 0.5) is 11.5 Å². The van der Waals surface area contributed by atoms with Gasteiger partial charge in [0.2, 0.25) is 5.82 Å². The zero-order valence-electron chi connectivity index (χ0n) is 16.9. The Kier molecular flexibility index (Phi) is 5.62. The van der Waals surface area contributed by atoms with Gasteiger partial charge in [-0.2, -0.15) is 0 Å². The maximum atomic E-state index is 12.2. The summed E-state index contributed by atoms with van der Waals surface area (Å²) < 4.78 is 5.26. The molecular formula is C25H21N3O3. The van der Waals surface area contributed by atoms with E-state index in [4.69, 9.17) is 10.5 Å². The molecule has 0 unspecified atom stereocenters.